The molecule has 0 aromatic heterocycles. The molecule has 0 N–H and O–H groups in total. The molecule has 6 heteroatoms. The number of hydrogen-bond donors (Lipinski definition) is 0. The third-order valence-corrected chi connectivity index (χ3v) is 11.9. The third kappa shape index (κ3) is 45.5. The van der Waals surface area contributed by atoms with Gasteiger partial charge in [-0.3, -0.25) is 14.4 Å². The lowest BCUT2D eigenvalue weighted by Crippen LogP contribution is -2.30. The molecule has 0 bridgehead atoms. The summed E-state index contributed by atoms with van der Waals surface area (Å²) in [6, 6.07) is 0. The Kier molecular flexibility index (Phi) is 46.8. The number of carbonyl (C=O) groups is 3. The van der Waals surface area contributed by atoms with Crippen LogP contribution in [0.2, 0.25) is 0 Å². The van der Waals surface area contributed by atoms with Gasteiger partial charge in [0.2, 0.25) is 0 Å². The highest BCUT2D eigenvalue weighted by Crippen LogP contribution is 2.17. The zero-order valence-electron chi connectivity index (χ0n) is 39.3. The molecule has 0 aliphatic rings. The smallest absolute Gasteiger partial charge is 0.306 e. The van der Waals surface area contributed by atoms with Gasteiger partial charge in [-0.15, -0.1) is 0 Å². The molecule has 0 heterocycles. The Morgan fingerprint density at radius 3 is 0.690 bits per heavy atom. The molecule has 0 fully saturated rings. The van der Waals surface area contributed by atoms with Crippen LogP contribution in [0.25, 0.3) is 0 Å². The first-order chi connectivity index (χ1) is 28.5. The maximum Gasteiger partial charge on any atom is 0.306 e. The summed E-state index contributed by atoms with van der Waals surface area (Å²) in [5, 5.41) is 0. The molecule has 1 atom stereocenters. The van der Waals surface area contributed by atoms with Gasteiger partial charge in [0.05, 0.1) is 0 Å². The summed E-state index contributed by atoms with van der Waals surface area (Å²) in [7, 11) is 0. The molecule has 0 amide bonds. The SMILES string of the molecule is CCCCCCCCCCCCCCCCCCCCCCCCC(=O)OCC(COC(=O)CCCCCCCC)OC(=O)CCCCCCCCCCCCCC. The monoisotopic (exact) mass is 821 g/mol. The second-order valence-electron chi connectivity index (χ2n) is 17.8. The van der Waals surface area contributed by atoms with Crippen molar-refractivity contribution in [1.29, 1.82) is 0 Å². The van der Waals surface area contributed by atoms with Gasteiger partial charge in [-0.05, 0) is 19.3 Å². The van der Waals surface area contributed by atoms with E-state index in [9.17, 15) is 14.4 Å². The lowest BCUT2D eigenvalue weighted by atomic mass is 10.0. The summed E-state index contributed by atoms with van der Waals surface area (Å²) >= 11 is 0. The predicted molar refractivity (Wildman–Crippen MR) is 247 cm³/mol. The van der Waals surface area contributed by atoms with Gasteiger partial charge in [0.25, 0.3) is 0 Å². The molecule has 1 unspecified atom stereocenters. The Balaban J connectivity index is 4.05. The minimum Gasteiger partial charge on any atom is -0.462 e. The van der Waals surface area contributed by atoms with E-state index in [-0.39, 0.29) is 31.1 Å². The fraction of sp³-hybridized carbons (Fsp3) is 0.942. The molecule has 0 radical (unpaired) electrons. The van der Waals surface area contributed by atoms with Gasteiger partial charge >= 0.3 is 17.9 Å². The number of hydrogen-bond acceptors (Lipinski definition) is 6. The number of rotatable bonds is 48. The fourth-order valence-corrected chi connectivity index (χ4v) is 7.92. The number of esters is 3. The van der Waals surface area contributed by atoms with E-state index in [1.165, 1.54) is 199 Å². The van der Waals surface area contributed by atoms with Crippen molar-refractivity contribution in [3.05, 3.63) is 0 Å². The highest BCUT2D eigenvalue weighted by atomic mass is 16.6. The maximum absolute atomic E-state index is 12.7. The molecule has 0 spiro atoms. The van der Waals surface area contributed by atoms with Crippen LogP contribution >= 0.6 is 0 Å². The highest BCUT2D eigenvalue weighted by molar-refractivity contribution is 5.71. The lowest BCUT2D eigenvalue weighted by Gasteiger charge is -2.18. The quantitative estimate of drug-likeness (QED) is 0.0346. The fourth-order valence-electron chi connectivity index (χ4n) is 7.92. The zero-order chi connectivity index (χ0) is 42.3. The van der Waals surface area contributed by atoms with Crippen molar-refractivity contribution in [3.63, 3.8) is 0 Å². The van der Waals surface area contributed by atoms with Gasteiger partial charge in [-0.25, -0.2) is 0 Å². The van der Waals surface area contributed by atoms with E-state index in [0.29, 0.717) is 19.3 Å². The van der Waals surface area contributed by atoms with Crippen molar-refractivity contribution < 1.29 is 28.6 Å². The molecule has 0 aromatic carbocycles. The summed E-state index contributed by atoms with van der Waals surface area (Å²) in [6.45, 7) is 6.62. The van der Waals surface area contributed by atoms with Gasteiger partial charge in [-0.2, -0.15) is 0 Å². The predicted octanol–water partition coefficient (Wildman–Crippen LogP) is 16.8. The van der Waals surface area contributed by atoms with Crippen molar-refractivity contribution in [2.75, 3.05) is 13.2 Å². The first kappa shape index (κ1) is 56.4. The van der Waals surface area contributed by atoms with Crippen LogP contribution < -0.4 is 0 Å². The molecular weight excluding hydrogens is 721 g/mol. The second kappa shape index (κ2) is 48.1. The van der Waals surface area contributed by atoms with E-state index < -0.39 is 6.10 Å². The second-order valence-corrected chi connectivity index (χ2v) is 17.8. The largest absolute Gasteiger partial charge is 0.462 e. The van der Waals surface area contributed by atoms with Crippen molar-refractivity contribution in [2.45, 2.75) is 303 Å². The van der Waals surface area contributed by atoms with Gasteiger partial charge in [0, 0.05) is 19.3 Å². The average Bonchev–Trinajstić information content (AvgIpc) is 3.22. The molecule has 0 aromatic rings. The third-order valence-electron chi connectivity index (χ3n) is 11.9. The van der Waals surface area contributed by atoms with Gasteiger partial charge in [-0.1, -0.05) is 258 Å². The van der Waals surface area contributed by atoms with Crippen molar-refractivity contribution in [3.8, 4) is 0 Å². The van der Waals surface area contributed by atoms with E-state index >= 15 is 0 Å². The van der Waals surface area contributed by atoms with Crippen LogP contribution in [0.4, 0.5) is 0 Å². The van der Waals surface area contributed by atoms with Gasteiger partial charge in [0.15, 0.2) is 6.10 Å². The Morgan fingerprint density at radius 1 is 0.276 bits per heavy atom. The van der Waals surface area contributed by atoms with Crippen LogP contribution in [-0.4, -0.2) is 37.2 Å². The molecule has 344 valence electrons. The minimum absolute atomic E-state index is 0.0629. The summed E-state index contributed by atoms with van der Waals surface area (Å²) in [5.41, 5.74) is 0. The van der Waals surface area contributed by atoms with Crippen molar-refractivity contribution >= 4 is 17.9 Å². The minimum atomic E-state index is -0.758. The van der Waals surface area contributed by atoms with Crippen molar-refractivity contribution in [1.82, 2.24) is 0 Å². The molecule has 0 saturated heterocycles. The van der Waals surface area contributed by atoms with Crippen LogP contribution in [0.3, 0.4) is 0 Å². The summed E-state index contributed by atoms with van der Waals surface area (Å²) in [4.78, 5) is 37.7. The van der Waals surface area contributed by atoms with Crippen LogP contribution in [0.15, 0.2) is 0 Å². The molecular formula is C52H100O6. The summed E-state index contributed by atoms with van der Waals surface area (Å²) in [5.74, 6) is -0.855. The maximum atomic E-state index is 12.7. The summed E-state index contributed by atoms with van der Waals surface area (Å²) < 4.78 is 16.7. The van der Waals surface area contributed by atoms with Gasteiger partial charge in [0.1, 0.15) is 13.2 Å². The van der Waals surface area contributed by atoms with Crippen LogP contribution in [0, 0.1) is 0 Å². The molecule has 0 rings (SSSR count). The van der Waals surface area contributed by atoms with E-state index in [1.807, 2.05) is 0 Å². The van der Waals surface area contributed by atoms with Crippen LogP contribution in [0.1, 0.15) is 297 Å². The number of ether oxygens (including phenoxy) is 3. The topological polar surface area (TPSA) is 78.9 Å². The van der Waals surface area contributed by atoms with Crippen molar-refractivity contribution in [2.24, 2.45) is 0 Å². The Labute approximate surface area is 361 Å². The molecule has 58 heavy (non-hydrogen) atoms. The standard InChI is InChI=1S/C52H100O6/c1-4-7-10-13-16-18-20-22-23-24-25-26-27-28-29-30-31-33-34-36-39-42-45-51(54)57-48-49(47-56-50(53)44-41-38-15-12-9-6-3)58-52(55)46-43-40-37-35-32-21-19-17-14-11-8-5-2/h49H,4-48H2,1-3H3. The number of carbonyl (C=O) groups excluding carboxylic acids is 3. The van der Waals surface area contributed by atoms with Crippen LogP contribution in [-0.2, 0) is 28.6 Å². The average molecular weight is 821 g/mol. The number of unbranched alkanes of at least 4 members (excludes halogenated alkanes) is 37. The first-order valence-electron chi connectivity index (χ1n) is 26.0. The normalized spacial score (nSPS) is 11.8. The Bertz CT molecular complexity index is 859. The first-order valence-corrected chi connectivity index (χ1v) is 26.0. The molecule has 6 nitrogen and oxygen atoms in total. The van der Waals surface area contributed by atoms with Crippen LogP contribution in [0.5, 0.6) is 0 Å². The highest BCUT2D eigenvalue weighted by Gasteiger charge is 2.19. The van der Waals surface area contributed by atoms with E-state index in [0.717, 1.165) is 57.8 Å². The van der Waals surface area contributed by atoms with E-state index in [4.69, 9.17) is 14.2 Å². The Morgan fingerprint density at radius 2 is 0.466 bits per heavy atom. The zero-order valence-corrected chi connectivity index (χ0v) is 39.3. The molecule has 0 aliphatic carbocycles. The lowest BCUT2D eigenvalue weighted by molar-refractivity contribution is -0.167. The molecule has 0 saturated carbocycles. The van der Waals surface area contributed by atoms with Gasteiger partial charge < -0.3 is 14.2 Å². The Hall–Kier alpha value is -1.59. The summed E-state index contributed by atoms with van der Waals surface area (Å²) in [6.07, 6.45) is 51.2. The molecule has 0 aliphatic heterocycles. The van der Waals surface area contributed by atoms with E-state index in [1.54, 1.807) is 0 Å². The van der Waals surface area contributed by atoms with E-state index in [2.05, 4.69) is 20.8 Å².